The first kappa shape index (κ1) is 18.8. The number of nitrogens with zero attached hydrogens (tertiary/aromatic N) is 2. The van der Waals surface area contributed by atoms with Gasteiger partial charge in [-0.15, -0.1) is 0 Å². The molecule has 138 valence electrons. The third-order valence-electron chi connectivity index (χ3n) is 4.20. The van der Waals surface area contributed by atoms with Crippen molar-refractivity contribution in [2.75, 3.05) is 6.61 Å². The Hall–Kier alpha value is -3.98. The van der Waals surface area contributed by atoms with Crippen LogP contribution < -0.4 is 4.74 Å². The van der Waals surface area contributed by atoms with E-state index < -0.39 is 10.7 Å². The lowest BCUT2D eigenvalue weighted by Gasteiger charge is -2.10. The second-order valence-electron chi connectivity index (χ2n) is 5.94. The van der Waals surface area contributed by atoms with E-state index in [0.29, 0.717) is 12.2 Å². The summed E-state index contributed by atoms with van der Waals surface area (Å²) in [6, 6.07) is 18.4. The van der Waals surface area contributed by atoms with Crippen molar-refractivity contribution < 1.29 is 14.5 Å². The monoisotopic (exact) mass is 372 g/mol. The van der Waals surface area contributed by atoms with Gasteiger partial charge in [-0.2, -0.15) is 5.26 Å². The average molecular weight is 372 g/mol. The van der Waals surface area contributed by atoms with Crippen molar-refractivity contribution in [2.24, 2.45) is 0 Å². The summed E-state index contributed by atoms with van der Waals surface area (Å²) in [6.07, 6.45) is 1.50. The highest BCUT2D eigenvalue weighted by Crippen LogP contribution is 2.30. The Morgan fingerprint density at radius 2 is 1.89 bits per heavy atom. The molecule has 0 aromatic heterocycles. The first-order valence-corrected chi connectivity index (χ1v) is 8.60. The molecule has 0 N–H and O–H groups in total. The molecular weight excluding hydrogens is 356 g/mol. The quantitative estimate of drug-likeness (QED) is 0.201. The summed E-state index contributed by atoms with van der Waals surface area (Å²) in [7, 11) is 0. The number of non-ortho nitro benzene ring substituents is 1. The van der Waals surface area contributed by atoms with E-state index >= 15 is 0 Å². The molecule has 0 heterocycles. The number of rotatable bonds is 6. The molecule has 0 aliphatic carbocycles. The summed E-state index contributed by atoms with van der Waals surface area (Å²) in [4.78, 5) is 23.1. The molecule has 6 nitrogen and oxygen atoms in total. The summed E-state index contributed by atoms with van der Waals surface area (Å²) in [5.41, 5.74) is 0.482. The normalized spacial score (nSPS) is 11.1. The number of fused-ring (bicyclic) bond motifs is 1. The van der Waals surface area contributed by atoms with Crippen molar-refractivity contribution in [3.8, 4) is 11.8 Å². The Morgan fingerprint density at radius 1 is 1.14 bits per heavy atom. The van der Waals surface area contributed by atoms with E-state index in [1.165, 1.54) is 30.3 Å². The Kier molecular flexibility index (Phi) is 5.47. The van der Waals surface area contributed by atoms with Gasteiger partial charge in [0.1, 0.15) is 17.4 Å². The van der Waals surface area contributed by atoms with Crippen LogP contribution in [0.25, 0.3) is 16.8 Å². The fourth-order valence-corrected chi connectivity index (χ4v) is 2.92. The van der Waals surface area contributed by atoms with Crippen molar-refractivity contribution in [3.63, 3.8) is 0 Å². The van der Waals surface area contributed by atoms with Crippen molar-refractivity contribution in [3.05, 3.63) is 87.5 Å². The number of nitriles is 1. The zero-order chi connectivity index (χ0) is 20.1. The predicted octanol–water partition coefficient (Wildman–Crippen LogP) is 4.94. The minimum absolute atomic E-state index is 0.0947. The number of nitro benzene ring substituents is 1. The van der Waals surface area contributed by atoms with Crippen LogP contribution in [0.3, 0.4) is 0 Å². The van der Waals surface area contributed by atoms with Gasteiger partial charge in [-0.3, -0.25) is 14.9 Å². The minimum Gasteiger partial charge on any atom is -0.493 e. The van der Waals surface area contributed by atoms with Crippen LogP contribution in [0.5, 0.6) is 5.75 Å². The first-order valence-electron chi connectivity index (χ1n) is 8.60. The molecule has 0 spiro atoms. The molecule has 3 aromatic rings. The molecular formula is C22H16N2O4. The van der Waals surface area contributed by atoms with Crippen molar-refractivity contribution >= 4 is 28.3 Å². The number of carbonyl (C=O) groups is 1. The van der Waals surface area contributed by atoms with Crippen molar-refractivity contribution in [1.82, 2.24) is 0 Å². The largest absolute Gasteiger partial charge is 0.493 e. The number of nitro groups is 1. The second kappa shape index (κ2) is 8.14. The molecule has 0 saturated heterocycles. The Labute approximate surface area is 161 Å². The minimum atomic E-state index is -0.577. The molecule has 28 heavy (non-hydrogen) atoms. The fraction of sp³-hybridized carbons (Fsp3) is 0.0909. The van der Waals surface area contributed by atoms with E-state index in [9.17, 15) is 20.2 Å². The SMILES string of the molecule is CCOc1ccc(C=C(C#N)C(=O)c2cccc([N+](=O)[O-])c2)c2ccccc12. The van der Waals surface area contributed by atoms with E-state index in [2.05, 4.69) is 0 Å². The molecule has 0 aliphatic rings. The maximum absolute atomic E-state index is 12.7. The molecule has 0 fully saturated rings. The first-order chi connectivity index (χ1) is 13.5. The molecule has 6 heteroatoms. The molecule has 3 rings (SSSR count). The smallest absolute Gasteiger partial charge is 0.270 e. The van der Waals surface area contributed by atoms with Gasteiger partial charge in [0, 0.05) is 23.1 Å². The zero-order valence-corrected chi connectivity index (χ0v) is 15.1. The highest BCUT2D eigenvalue weighted by Gasteiger charge is 2.16. The van der Waals surface area contributed by atoms with Gasteiger partial charge in [0.2, 0.25) is 5.78 Å². The van der Waals surface area contributed by atoms with E-state index in [1.54, 1.807) is 12.1 Å². The van der Waals surface area contributed by atoms with Gasteiger partial charge in [0.05, 0.1) is 11.5 Å². The fourth-order valence-electron chi connectivity index (χ4n) is 2.92. The Bertz CT molecular complexity index is 1140. The molecule has 0 unspecified atom stereocenters. The summed E-state index contributed by atoms with van der Waals surface area (Å²) >= 11 is 0. The standard InChI is InChI=1S/C22H16N2O4/c1-2-28-21-11-10-15(19-8-3-4-9-20(19)21)12-17(14-23)22(25)16-6-5-7-18(13-16)24(26)27/h3-13H,2H2,1H3. The number of carbonyl (C=O) groups excluding carboxylic acids is 1. The summed E-state index contributed by atoms with van der Waals surface area (Å²) in [5.74, 6) is 0.155. The van der Waals surface area contributed by atoms with Gasteiger partial charge >= 0.3 is 0 Å². The molecule has 0 atom stereocenters. The van der Waals surface area contributed by atoms with Crippen LogP contribution in [0.15, 0.2) is 66.2 Å². The van der Waals surface area contributed by atoms with E-state index in [1.807, 2.05) is 37.3 Å². The summed E-state index contributed by atoms with van der Waals surface area (Å²) in [6.45, 7) is 2.42. The van der Waals surface area contributed by atoms with E-state index in [0.717, 1.165) is 16.5 Å². The topological polar surface area (TPSA) is 93.2 Å². The van der Waals surface area contributed by atoms with Crippen LogP contribution in [0, 0.1) is 21.4 Å². The third kappa shape index (κ3) is 3.74. The third-order valence-corrected chi connectivity index (χ3v) is 4.20. The number of benzene rings is 3. The molecule has 3 aromatic carbocycles. The van der Waals surface area contributed by atoms with Gasteiger partial charge in [-0.1, -0.05) is 42.5 Å². The van der Waals surface area contributed by atoms with Gasteiger partial charge in [0.25, 0.3) is 5.69 Å². The number of hydrogen-bond acceptors (Lipinski definition) is 5. The lowest BCUT2D eigenvalue weighted by atomic mass is 9.98. The van der Waals surface area contributed by atoms with E-state index in [-0.39, 0.29) is 16.8 Å². The van der Waals surface area contributed by atoms with Gasteiger partial charge in [-0.25, -0.2) is 0 Å². The number of hydrogen-bond donors (Lipinski definition) is 0. The number of ether oxygens (including phenoxy) is 1. The number of allylic oxidation sites excluding steroid dienone is 1. The second-order valence-corrected chi connectivity index (χ2v) is 5.94. The Morgan fingerprint density at radius 3 is 2.57 bits per heavy atom. The Balaban J connectivity index is 2.07. The average Bonchev–Trinajstić information content (AvgIpc) is 2.73. The van der Waals surface area contributed by atoms with Crippen LogP contribution in [-0.4, -0.2) is 17.3 Å². The molecule has 0 aliphatic heterocycles. The summed E-state index contributed by atoms with van der Waals surface area (Å²) < 4.78 is 5.64. The molecule has 0 saturated carbocycles. The van der Waals surface area contributed by atoms with Gasteiger partial charge in [-0.05, 0) is 30.0 Å². The number of ketones is 1. The summed E-state index contributed by atoms with van der Waals surface area (Å²) in [5, 5.41) is 22.2. The van der Waals surface area contributed by atoms with Crippen LogP contribution in [0.2, 0.25) is 0 Å². The van der Waals surface area contributed by atoms with Crippen LogP contribution >= 0.6 is 0 Å². The van der Waals surface area contributed by atoms with Crippen molar-refractivity contribution in [1.29, 1.82) is 5.26 Å². The van der Waals surface area contributed by atoms with Gasteiger partial charge < -0.3 is 4.74 Å². The molecule has 0 amide bonds. The van der Waals surface area contributed by atoms with E-state index in [4.69, 9.17) is 4.74 Å². The van der Waals surface area contributed by atoms with Crippen molar-refractivity contribution in [2.45, 2.75) is 6.92 Å². The van der Waals surface area contributed by atoms with Gasteiger partial charge in [0.15, 0.2) is 0 Å². The highest BCUT2D eigenvalue weighted by atomic mass is 16.6. The van der Waals surface area contributed by atoms with Crippen LogP contribution in [0.1, 0.15) is 22.8 Å². The van der Waals surface area contributed by atoms with Crippen LogP contribution in [-0.2, 0) is 0 Å². The highest BCUT2D eigenvalue weighted by molar-refractivity contribution is 6.15. The molecule has 0 radical (unpaired) electrons. The lowest BCUT2D eigenvalue weighted by Crippen LogP contribution is -2.03. The maximum Gasteiger partial charge on any atom is 0.270 e. The molecule has 0 bridgehead atoms. The maximum atomic E-state index is 12.7. The number of Topliss-reactive ketones (excluding diaryl/α,β-unsaturated/α-hetero) is 1. The zero-order valence-electron chi connectivity index (χ0n) is 15.1. The van der Waals surface area contributed by atoms with Crippen LogP contribution in [0.4, 0.5) is 5.69 Å². The predicted molar refractivity (Wildman–Crippen MR) is 106 cm³/mol. The lowest BCUT2D eigenvalue weighted by molar-refractivity contribution is -0.384.